The number of hydrogen-bond donors (Lipinski definition) is 1. The monoisotopic (exact) mass is 447 g/mol. The molecule has 1 aliphatic heterocycles. The van der Waals surface area contributed by atoms with Gasteiger partial charge in [-0.1, -0.05) is 78.0 Å². The number of ether oxygens (including phenoxy) is 1. The molecule has 0 unspecified atom stereocenters. The van der Waals surface area contributed by atoms with Crippen LogP contribution in [0.2, 0.25) is 0 Å². The Bertz CT molecular complexity index is 888. The van der Waals surface area contributed by atoms with Crippen LogP contribution >= 0.6 is 0 Å². The number of carboxylic acids is 1. The van der Waals surface area contributed by atoms with Crippen molar-refractivity contribution >= 4 is 12.2 Å². The number of oxime groups is 1. The van der Waals surface area contributed by atoms with E-state index >= 15 is 0 Å². The minimum Gasteiger partial charge on any atom is -0.481 e. The summed E-state index contributed by atoms with van der Waals surface area (Å²) in [6.07, 6.45) is 11.2. The van der Waals surface area contributed by atoms with Crippen molar-refractivity contribution in [3.05, 3.63) is 83.9 Å². The van der Waals surface area contributed by atoms with Gasteiger partial charge in [-0.25, -0.2) is 0 Å². The molecule has 4 atom stereocenters. The Kier molecular flexibility index (Phi) is 8.31. The molecular formula is C28H33NO4. The highest BCUT2D eigenvalue weighted by atomic mass is 16.6. The van der Waals surface area contributed by atoms with Crippen LogP contribution in [0.25, 0.3) is 0 Å². The molecule has 2 bridgehead atoms. The van der Waals surface area contributed by atoms with Crippen molar-refractivity contribution < 1.29 is 19.5 Å². The Morgan fingerprint density at radius 3 is 2.42 bits per heavy atom. The van der Waals surface area contributed by atoms with Gasteiger partial charge in [0.25, 0.3) is 0 Å². The second-order valence-electron chi connectivity index (χ2n) is 9.07. The predicted molar refractivity (Wildman–Crippen MR) is 129 cm³/mol. The molecule has 1 saturated carbocycles. The van der Waals surface area contributed by atoms with Crippen LogP contribution in [0.4, 0.5) is 0 Å². The normalized spacial score (nSPS) is 24.6. The van der Waals surface area contributed by atoms with E-state index < -0.39 is 5.97 Å². The summed E-state index contributed by atoms with van der Waals surface area (Å²) in [6.45, 7) is 0.823. The molecule has 174 valence electrons. The Hall–Kier alpha value is -2.92. The largest absolute Gasteiger partial charge is 0.481 e. The van der Waals surface area contributed by atoms with E-state index in [1.807, 2.05) is 42.6 Å². The van der Waals surface area contributed by atoms with Crippen LogP contribution in [0.5, 0.6) is 0 Å². The molecule has 1 aliphatic carbocycles. The third-order valence-electron chi connectivity index (χ3n) is 6.76. The van der Waals surface area contributed by atoms with Gasteiger partial charge in [0.15, 0.2) is 6.10 Å². The van der Waals surface area contributed by atoms with E-state index in [1.165, 1.54) is 0 Å². The van der Waals surface area contributed by atoms with Crippen LogP contribution < -0.4 is 0 Å². The molecule has 0 spiro atoms. The lowest BCUT2D eigenvalue weighted by Crippen LogP contribution is -2.31. The van der Waals surface area contributed by atoms with Gasteiger partial charge >= 0.3 is 5.97 Å². The third-order valence-corrected chi connectivity index (χ3v) is 6.76. The lowest BCUT2D eigenvalue weighted by molar-refractivity contribution is -0.137. The SMILES string of the molecule is O=C(O)CCC/C=C\C[C@H]1[C@H]2CO[C@H](C2)C[C@@H]1/C=N/OC(c1ccccc1)c1ccccc1. The summed E-state index contributed by atoms with van der Waals surface area (Å²) < 4.78 is 5.98. The van der Waals surface area contributed by atoms with Gasteiger partial charge in [0.2, 0.25) is 0 Å². The first-order valence-electron chi connectivity index (χ1n) is 12.0. The van der Waals surface area contributed by atoms with Gasteiger partial charge in [0, 0.05) is 18.6 Å². The zero-order valence-electron chi connectivity index (χ0n) is 19.0. The Labute approximate surface area is 196 Å². The van der Waals surface area contributed by atoms with Crippen molar-refractivity contribution in [1.29, 1.82) is 0 Å². The summed E-state index contributed by atoms with van der Waals surface area (Å²) in [6, 6.07) is 20.4. The van der Waals surface area contributed by atoms with Gasteiger partial charge in [0.05, 0.1) is 12.7 Å². The molecule has 1 saturated heterocycles. The van der Waals surface area contributed by atoms with E-state index in [9.17, 15) is 4.79 Å². The fourth-order valence-corrected chi connectivity index (χ4v) is 5.05. The highest BCUT2D eigenvalue weighted by Gasteiger charge is 2.41. The average molecular weight is 448 g/mol. The van der Waals surface area contributed by atoms with E-state index in [2.05, 4.69) is 41.6 Å². The molecule has 2 aromatic carbocycles. The second kappa shape index (κ2) is 11.8. The average Bonchev–Trinajstić information content (AvgIpc) is 3.23. The fourth-order valence-electron chi connectivity index (χ4n) is 5.05. The maximum atomic E-state index is 10.7. The molecule has 2 aromatic rings. The first kappa shape index (κ1) is 23.2. The molecule has 4 rings (SSSR count). The molecule has 2 fully saturated rings. The summed E-state index contributed by atoms with van der Waals surface area (Å²) in [7, 11) is 0. The van der Waals surface area contributed by atoms with Gasteiger partial charge in [-0.2, -0.15) is 0 Å². The second-order valence-corrected chi connectivity index (χ2v) is 9.07. The lowest BCUT2D eigenvalue weighted by atomic mass is 9.71. The van der Waals surface area contributed by atoms with Crippen LogP contribution in [-0.2, 0) is 14.4 Å². The lowest BCUT2D eigenvalue weighted by Gasteiger charge is -2.32. The summed E-state index contributed by atoms with van der Waals surface area (Å²) >= 11 is 0. The van der Waals surface area contributed by atoms with E-state index in [0.717, 1.165) is 43.4 Å². The molecule has 5 heteroatoms. The van der Waals surface area contributed by atoms with Crippen molar-refractivity contribution in [2.75, 3.05) is 6.61 Å². The highest BCUT2D eigenvalue weighted by Crippen LogP contribution is 2.42. The van der Waals surface area contributed by atoms with Crippen LogP contribution in [0.15, 0.2) is 78.0 Å². The molecular weight excluding hydrogens is 414 g/mol. The topological polar surface area (TPSA) is 68.1 Å². The number of carbonyl (C=O) groups is 1. The van der Waals surface area contributed by atoms with Crippen molar-refractivity contribution in [3.63, 3.8) is 0 Å². The maximum absolute atomic E-state index is 10.7. The summed E-state index contributed by atoms with van der Waals surface area (Å²) in [5, 5.41) is 13.3. The summed E-state index contributed by atoms with van der Waals surface area (Å²) in [5.41, 5.74) is 2.16. The number of unbranched alkanes of at least 4 members (excludes halogenated alkanes) is 1. The number of rotatable bonds is 11. The first-order valence-corrected chi connectivity index (χ1v) is 12.0. The molecule has 0 aromatic heterocycles. The highest BCUT2D eigenvalue weighted by molar-refractivity contribution is 5.66. The van der Waals surface area contributed by atoms with Gasteiger partial charge in [-0.3, -0.25) is 4.79 Å². The number of carboxylic acid groups (broad SMARTS) is 1. The molecule has 33 heavy (non-hydrogen) atoms. The minimum atomic E-state index is -0.731. The summed E-state index contributed by atoms with van der Waals surface area (Å²) in [4.78, 5) is 16.8. The van der Waals surface area contributed by atoms with E-state index in [-0.39, 0.29) is 12.5 Å². The standard InChI is InChI=1S/C28H33NO4/c30-27(31)16-10-2-1-9-15-26-23(17-25-18-24(26)20-32-25)19-29-33-28(21-11-5-3-6-12-21)22-13-7-4-8-14-22/h1,3-9,11-14,19,23-26,28H,2,10,15-18,20H2,(H,30,31)/b9-1-,29-19+/t23-,24-,25+,26-/m1/s1. The number of allylic oxidation sites excluding steroid dienone is 2. The maximum Gasteiger partial charge on any atom is 0.303 e. The van der Waals surface area contributed by atoms with Crippen molar-refractivity contribution in [2.24, 2.45) is 22.9 Å². The van der Waals surface area contributed by atoms with E-state index in [0.29, 0.717) is 30.3 Å². The molecule has 1 N–H and O–H groups in total. The van der Waals surface area contributed by atoms with Crippen LogP contribution in [0.3, 0.4) is 0 Å². The number of fused-ring (bicyclic) bond motifs is 2. The van der Waals surface area contributed by atoms with Crippen LogP contribution in [-0.4, -0.2) is 30.0 Å². The molecule has 0 amide bonds. The van der Waals surface area contributed by atoms with Crippen molar-refractivity contribution in [1.82, 2.24) is 0 Å². The molecule has 5 nitrogen and oxygen atoms in total. The molecule has 2 aliphatic rings. The van der Waals surface area contributed by atoms with Crippen LogP contribution in [0, 0.1) is 17.8 Å². The zero-order chi connectivity index (χ0) is 22.9. The number of benzene rings is 2. The van der Waals surface area contributed by atoms with Gasteiger partial charge in [-0.15, -0.1) is 0 Å². The Morgan fingerprint density at radius 1 is 1.06 bits per heavy atom. The first-order chi connectivity index (χ1) is 16.2. The van der Waals surface area contributed by atoms with Gasteiger partial charge < -0.3 is 14.7 Å². The van der Waals surface area contributed by atoms with Crippen molar-refractivity contribution in [2.45, 2.75) is 50.7 Å². The minimum absolute atomic E-state index is 0.225. The predicted octanol–water partition coefficient (Wildman–Crippen LogP) is 6.02. The van der Waals surface area contributed by atoms with Crippen LogP contribution in [0.1, 0.15) is 55.8 Å². The smallest absolute Gasteiger partial charge is 0.303 e. The van der Waals surface area contributed by atoms with E-state index in [1.54, 1.807) is 0 Å². The van der Waals surface area contributed by atoms with Crippen molar-refractivity contribution in [3.8, 4) is 0 Å². The number of nitrogens with zero attached hydrogens (tertiary/aromatic N) is 1. The quantitative estimate of drug-likeness (QED) is 0.198. The number of hydrogen-bond acceptors (Lipinski definition) is 4. The van der Waals surface area contributed by atoms with E-state index in [4.69, 9.17) is 14.7 Å². The fraction of sp³-hybridized carbons (Fsp3) is 0.429. The van der Waals surface area contributed by atoms with Gasteiger partial charge in [-0.05, 0) is 55.1 Å². The number of aliphatic carboxylic acids is 1. The van der Waals surface area contributed by atoms with Gasteiger partial charge in [0.1, 0.15) is 0 Å². The Morgan fingerprint density at radius 2 is 1.76 bits per heavy atom. The molecule has 0 radical (unpaired) electrons. The third kappa shape index (κ3) is 6.55. The summed E-state index contributed by atoms with van der Waals surface area (Å²) in [5.74, 6) is 0.596. The Balaban J connectivity index is 1.41. The molecule has 1 heterocycles. The zero-order valence-corrected chi connectivity index (χ0v) is 19.0.